The first kappa shape index (κ1) is 18.7. The Bertz CT molecular complexity index is 902. The van der Waals surface area contributed by atoms with Gasteiger partial charge in [-0.3, -0.25) is 4.90 Å². The highest BCUT2D eigenvalue weighted by atomic mass is 32.2. The van der Waals surface area contributed by atoms with Gasteiger partial charge in [0.15, 0.2) is 0 Å². The normalized spacial score (nSPS) is 11.1. The van der Waals surface area contributed by atoms with Crippen molar-refractivity contribution < 1.29 is 9.15 Å². The van der Waals surface area contributed by atoms with E-state index in [0.29, 0.717) is 17.4 Å². The Labute approximate surface area is 162 Å². The molecule has 1 heterocycles. The molecule has 7 heteroatoms. The van der Waals surface area contributed by atoms with E-state index in [2.05, 4.69) is 40.5 Å². The lowest BCUT2D eigenvalue weighted by Gasteiger charge is -2.16. The van der Waals surface area contributed by atoms with E-state index in [1.807, 2.05) is 31.3 Å². The zero-order chi connectivity index (χ0) is 18.5. The summed E-state index contributed by atoms with van der Waals surface area (Å²) in [6, 6.07) is 16.1. The van der Waals surface area contributed by atoms with Crippen LogP contribution in [0.5, 0.6) is 5.75 Å². The van der Waals surface area contributed by atoms with Crippen molar-refractivity contribution >= 4 is 24.0 Å². The molecular weight excluding hydrogens is 366 g/mol. The summed E-state index contributed by atoms with van der Waals surface area (Å²) in [6.45, 7) is 1.37. The molecule has 0 amide bonds. The fraction of sp³-hybridized carbons (Fsp3) is 0.263. The van der Waals surface area contributed by atoms with Crippen molar-refractivity contribution in [3.63, 3.8) is 0 Å². The Morgan fingerprint density at radius 3 is 2.46 bits per heavy atom. The average molecular weight is 388 g/mol. The number of thioether (sulfide) groups is 1. The summed E-state index contributed by atoms with van der Waals surface area (Å²) < 4.78 is 12.5. The molecule has 0 aliphatic carbocycles. The second-order valence-corrected chi connectivity index (χ2v) is 7.13. The molecule has 0 saturated heterocycles. The molecule has 0 N–H and O–H groups in total. The molecule has 3 aromatic rings. The smallest absolute Gasteiger partial charge is 0.288 e. The highest BCUT2D eigenvalue weighted by molar-refractivity contribution is 7.98. The molecule has 2 aromatic carbocycles. The van der Waals surface area contributed by atoms with Crippen LogP contribution < -0.4 is 4.74 Å². The minimum Gasteiger partial charge on any atom is -0.497 e. The van der Waals surface area contributed by atoms with Gasteiger partial charge < -0.3 is 9.15 Å². The lowest BCUT2D eigenvalue weighted by atomic mass is 10.2. The highest BCUT2D eigenvalue weighted by Crippen LogP contribution is 2.21. The first-order chi connectivity index (χ1) is 12.6. The van der Waals surface area contributed by atoms with Crippen LogP contribution in [0.15, 0.2) is 57.8 Å². The molecule has 5 nitrogen and oxygen atoms in total. The van der Waals surface area contributed by atoms with Crippen molar-refractivity contribution in [2.45, 2.75) is 18.1 Å². The summed E-state index contributed by atoms with van der Waals surface area (Å²) in [5, 5.41) is 4.50. The molecule has 0 bridgehead atoms. The van der Waals surface area contributed by atoms with Crippen LogP contribution in [-0.2, 0) is 13.2 Å². The first-order valence-electron chi connectivity index (χ1n) is 8.13. The largest absolute Gasteiger partial charge is 0.497 e. The molecule has 1 aromatic heterocycles. The summed E-state index contributed by atoms with van der Waals surface area (Å²) in [5.74, 6) is 1.30. The topological polar surface area (TPSA) is 43.4 Å². The molecule has 0 saturated carbocycles. The molecule has 0 unspecified atom stereocenters. The third kappa shape index (κ3) is 4.55. The highest BCUT2D eigenvalue weighted by Gasteiger charge is 2.10. The number of hydrogen-bond donors (Lipinski definition) is 0. The van der Waals surface area contributed by atoms with Crippen LogP contribution in [-0.4, -0.2) is 35.1 Å². The molecule has 0 fully saturated rings. The third-order valence-electron chi connectivity index (χ3n) is 3.93. The summed E-state index contributed by atoms with van der Waals surface area (Å²) >= 11 is 7.06. The molecular formula is C19H21N3O2S2. The number of aromatic nitrogens is 2. The lowest BCUT2D eigenvalue weighted by Crippen LogP contribution is -2.22. The van der Waals surface area contributed by atoms with Crippen molar-refractivity contribution in [1.29, 1.82) is 0 Å². The molecule has 0 aliphatic heterocycles. The van der Waals surface area contributed by atoms with Gasteiger partial charge in [0, 0.05) is 17.0 Å². The maximum absolute atomic E-state index is 5.65. The van der Waals surface area contributed by atoms with E-state index in [-0.39, 0.29) is 0 Å². The lowest BCUT2D eigenvalue weighted by molar-refractivity contribution is 0.240. The molecule has 26 heavy (non-hydrogen) atoms. The zero-order valence-corrected chi connectivity index (χ0v) is 16.6. The van der Waals surface area contributed by atoms with Crippen LogP contribution in [0.4, 0.5) is 0 Å². The average Bonchev–Trinajstić information content (AvgIpc) is 3.02. The summed E-state index contributed by atoms with van der Waals surface area (Å²) in [6.07, 6.45) is 2.08. The number of nitrogens with zero attached hydrogens (tertiary/aromatic N) is 3. The molecule has 3 rings (SSSR count). The Balaban J connectivity index is 1.69. The number of methoxy groups -OCH3 is 1. The minimum absolute atomic E-state index is 0.361. The number of ether oxygens (including phenoxy) is 1. The zero-order valence-electron chi connectivity index (χ0n) is 15.0. The predicted octanol–water partition coefficient (Wildman–Crippen LogP) is 4.69. The standard InChI is InChI=1S/C19H21N3O2S2/c1-21(12-14-4-10-17(26-3)11-5-14)13-22-19(25)24-18(20-22)15-6-8-16(23-2)9-7-15/h4-11H,12-13H2,1-3H3. The maximum Gasteiger partial charge on any atom is 0.288 e. The van der Waals surface area contributed by atoms with Gasteiger partial charge in [-0.1, -0.05) is 12.1 Å². The monoisotopic (exact) mass is 387 g/mol. The SMILES string of the molecule is COc1ccc(-c2nn(CN(C)Cc3ccc(SC)cc3)c(=S)o2)cc1. The molecule has 0 atom stereocenters. The molecule has 136 valence electrons. The van der Waals surface area contributed by atoms with Crippen LogP contribution in [0, 0.1) is 4.84 Å². The van der Waals surface area contributed by atoms with Crippen LogP contribution in [0.2, 0.25) is 0 Å². The van der Waals surface area contributed by atoms with Gasteiger partial charge >= 0.3 is 0 Å². The fourth-order valence-corrected chi connectivity index (χ4v) is 3.15. The van der Waals surface area contributed by atoms with Gasteiger partial charge in [0.25, 0.3) is 4.84 Å². The van der Waals surface area contributed by atoms with E-state index in [0.717, 1.165) is 17.9 Å². The number of hydrogen-bond acceptors (Lipinski definition) is 6. The Morgan fingerprint density at radius 1 is 1.15 bits per heavy atom. The second-order valence-electron chi connectivity index (χ2n) is 5.90. The van der Waals surface area contributed by atoms with E-state index in [1.54, 1.807) is 23.6 Å². The first-order valence-corrected chi connectivity index (χ1v) is 9.76. The minimum atomic E-state index is 0.361. The van der Waals surface area contributed by atoms with E-state index >= 15 is 0 Å². The van der Waals surface area contributed by atoms with Crippen molar-refractivity contribution in [3.8, 4) is 17.2 Å². The van der Waals surface area contributed by atoms with Gasteiger partial charge in [0.2, 0.25) is 5.89 Å². The maximum atomic E-state index is 5.65. The van der Waals surface area contributed by atoms with Crippen molar-refractivity contribution in [3.05, 3.63) is 58.9 Å². The Morgan fingerprint density at radius 2 is 1.85 bits per heavy atom. The number of benzene rings is 2. The van der Waals surface area contributed by atoms with Crippen molar-refractivity contribution in [2.24, 2.45) is 0 Å². The van der Waals surface area contributed by atoms with Crippen LogP contribution >= 0.6 is 24.0 Å². The summed E-state index contributed by atoms with van der Waals surface area (Å²) in [7, 11) is 3.67. The van der Waals surface area contributed by atoms with E-state index in [9.17, 15) is 0 Å². The van der Waals surface area contributed by atoms with Crippen LogP contribution in [0.3, 0.4) is 0 Å². The predicted molar refractivity (Wildman–Crippen MR) is 107 cm³/mol. The fourth-order valence-electron chi connectivity index (χ4n) is 2.57. The molecule has 0 radical (unpaired) electrons. The van der Waals surface area contributed by atoms with Crippen molar-refractivity contribution in [2.75, 3.05) is 20.4 Å². The second kappa shape index (κ2) is 8.53. The summed E-state index contributed by atoms with van der Waals surface area (Å²) in [4.78, 5) is 3.77. The Kier molecular flexibility index (Phi) is 6.13. The van der Waals surface area contributed by atoms with E-state index < -0.39 is 0 Å². The molecule has 0 aliphatic rings. The Hall–Kier alpha value is -2.09. The quantitative estimate of drug-likeness (QED) is 0.433. The van der Waals surface area contributed by atoms with Gasteiger partial charge in [-0.05, 0) is 67.5 Å². The van der Waals surface area contributed by atoms with Gasteiger partial charge in [-0.15, -0.1) is 16.9 Å². The number of rotatable bonds is 7. The van der Waals surface area contributed by atoms with Gasteiger partial charge in [-0.2, -0.15) is 0 Å². The van der Waals surface area contributed by atoms with Crippen molar-refractivity contribution in [1.82, 2.24) is 14.7 Å². The van der Waals surface area contributed by atoms with Crippen LogP contribution in [0.25, 0.3) is 11.5 Å². The summed E-state index contributed by atoms with van der Waals surface area (Å²) in [5.41, 5.74) is 2.11. The van der Waals surface area contributed by atoms with Gasteiger partial charge in [0.05, 0.1) is 13.8 Å². The van der Waals surface area contributed by atoms with Crippen LogP contribution in [0.1, 0.15) is 5.56 Å². The van der Waals surface area contributed by atoms with E-state index in [4.69, 9.17) is 21.4 Å². The van der Waals surface area contributed by atoms with E-state index in [1.165, 1.54) is 10.5 Å². The van der Waals surface area contributed by atoms with Gasteiger partial charge in [0.1, 0.15) is 5.75 Å². The third-order valence-corrected chi connectivity index (χ3v) is 4.97. The molecule has 0 spiro atoms. The van der Waals surface area contributed by atoms with Gasteiger partial charge in [-0.25, -0.2) is 4.68 Å².